The summed E-state index contributed by atoms with van der Waals surface area (Å²) in [6.45, 7) is 7.46. The van der Waals surface area contributed by atoms with Crippen molar-refractivity contribution in [3.05, 3.63) is 47.8 Å². The smallest absolute Gasteiger partial charge is 0.246 e. The molecular formula is C32H45FN6O2. The van der Waals surface area contributed by atoms with E-state index in [1.807, 2.05) is 11.0 Å². The highest BCUT2D eigenvalue weighted by molar-refractivity contribution is 5.87. The summed E-state index contributed by atoms with van der Waals surface area (Å²) < 4.78 is 21.1. The van der Waals surface area contributed by atoms with E-state index in [9.17, 15) is 14.4 Å². The molecule has 1 aromatic carbocycles. The zero-order chi connectivity index (χ0) is 28.6. The Labute approximate surface area is 243 Å². The van der Waals surface area contributed by atoms with E-state index in [-0.39, 0.29) is 41.7 Å². The number of hydrogen-bond donors (Lipinski definition) is 2. The lowest BCUT2D eigenvalue weighted by Gasteiger charge is -2.56. The molecule has 1 amide bonds. The minimum Gasteiger partial charge on any atom is -0.348 e. The van der Waals surface area contributed by atoms with Gasteiger partial charge in [0.1, 0.15) is 5.82 Å². The van der Waals surface area contributed by atoms with E-state index in [0.29, 0.717) is 38.1 Å². The van der Waals surface area contributed by atoms with Gasteiger partial charge in [-0.1, -0.05) is 18.7 Å². The van der Waals surface area contributed by atoms with E-state index >= 15 is 0 Å². The third-order valence-electron chi connectivity index (χ3n) is 10.8. The maximum absolute atomic E-state index is 14.5. The summed E-state index contributed by atoms with van der Waals surface area (Å²) in [5, 5.41) is 17.2. The van der Waals surface area contributed by atoms with Crippen molar-refractivity contribution in [1.29, 1.82) is 5.26 Å². The minimum absolute atomic E-state index is 0.0579. The number of nitrogens with zero attached hydrogens (tertiary/aromatic N) is 4. The van der Waals surface area contributed by atoms with Crippen LogP contribution < -0.4 is 10.6 Å². The molecule has 0 bridgehead atoms. The first-order valence-electron chi connectivity index (χ1n) is 15.5. The summed E-state index contributed by atoms with van der Waals surface area (Å²) in [5.74, 6) is 0.224. The lowest BCUT2D eigenvalue weighted by molar-refractivity contribution is -0.137. The fraction of sp³-hybridized carbons (Fsp3) is 0.688. The molecule has 9 heteroatoms. The van der Waals surface area contributed by atoms with Crippen LogP contribution in [0.3, 0.4) is 0 Å². The third kappa shape index (κ3) is 5.82. The molecule has 4 fully saturated rings. The molecule has 222 valence electrons. The second-order valence-electron chi connectivity index (χ2n) is 13.1. The Morgan fingerprint density at radius 1 is 1.24 bits per heavy atom. The molecular weight excluding hydrogens is 519 g/mol. The number of fused-ring (bicyclic) bond motifs is 2. The summed E-state index contributed by atoms with van der Waals surface area (Å²) >= 11 is 0. The topological polar surface area (TPSA) is 83.9 Å². The fourth-order valence-electron chi connectivity index (χ4n) is 8.48. The Balaban J connectivity index is 1.21. The number of likely N-dealkylation sites (N-methyl/N-ethyl adjacent to an activating group) is 1. The van der Waals surface area contributed by atoms with E-state index in [4.69, 9.17) is 4.74 Å². The van der Waals surface area contributed by atoms with Crippen molar-refractivity contribution in [3.63, 3.8) is 0 Å². The van der Waals surface area contributed by atoms with Gasteiger partial charge in [0.05, 0.1) is 31.3 Å². The van der Waals surface area contributed by atoms with Crippen LogP contribution in [0.2, 0.25) is 0 Å². The van der Waals surface area contributed by atoms with Crippen LogP contribution in [0.1, 0.15) is 56.1 Å². The van der Waals surface area contributed by atoms with Crippen molar-refractivity contribution in [3.8, 4) is 6.07 Å². The summed E-state index contributed by atoms with van der Waals surface area (Å²) in [7, 11) is 2.18. The zero-order valence-corrected chi connectivity index (χ0v) is 24.4. The van der Waals surface area contributed by atoms with Crippen molar-refractivity contribution in [1.82, 2.24) is 25.3 Å². The number of nitrogens with one attached hydrogen (secondary N) is 2. The average molecular weight is 565 g/mol. The first-order chi connectivity index (χ1) is 19.9. The second-order valence-corrected chi connectivity index (χ2v) is 13.1. The monoisotopic (exact) mass is 564 g/mol. The first kappa shape index (κ1) is 28.8. The molecule has 1 aromatic rings. The Morgan fingerprint density at radius 3 is 2.90 bits per heavy atom. The van der Waals surface area contributed by atoms with Crippen molar-refractivity contribution < 1.29 is 13.9 Å². The van der Waals surface area contributed by atoms with Gasteiger partial charge in [0.2, 0.25) is 5.91 Å². The molecule has 1 saturated carbocycles. The number of amides is 1. The molecule has 0 aromatic heterocycles. The summed E-state index contributed by atoms with van der Waals surface area (Å²) in [6.07, 6.45) is 9.89. The Hall–Kier alpha value is -2.35. The van der Waals surface area contributed by atoms with Gasteiger partial charge in [0, 0.05) is 37.6 Å². The number of likely N-dealkylation sites (tertiary alicyclic amines) is 1. The normalized spacial score (nSPS) is 36.0. The molecule has 3 heterocycles. The van der Waals surface area contributed by atoms with E-state index in [1.54, 1.807) is 6.07 Å². The number of ether oxygens (including phenoxy) is 1. The van der Waals surface area contributed by atoms with Crippen LogP contribution in [0.5, 0.6) is 0 Å². The van der Waals surface area contributed by atoms with E-state index in [2.05, 4.69) is 46.2 Å². The molecule has 3 saturated heterocycles. The number of carbonyl (C=O) groups is 1. The minimum atomic E-state index is -0.263. The van der Waals surface area contributed by atoms with E-state index < -0.39 is 0 Å². The van der Waals surface area contributed by atoms with E-state index in [0.717, 1.165) is 63.6 Å². The second kappa shape index (κ2) is 12.1. The molecule has 0 radical (unpaired) electrons. The summed E-state index contributed by atoms with van der Waals surface area (Å²) in [5.41, 5.74) is 2.26. The van der Waals surface area contributed by atoms with Gasteiger partial charge in [-0.3, -0.25) is 20.3 Å². The number of carbonyl (C=O) groups excluding carboxylic acids is 1. The van der Waals surface area contributed by atoms with Crippen LogP contribution in [-0.2, 0) is 22.4 Å². The fourth-order valence-corrected chi connectivity index (χ4v) is 8.48. The summed E-state index contributed by atoms with van der Waals surface area (Å²) in [4.78, 5) is 19.2. The van der Waals surface area contributed by atoms with Crippen molar-refractivity contribution in [2.24, 2.45) is 11.3 Å². The molecule has 2 aliphatic carbocycles. The van der Waals surface area contributed by atoms with Crippen LogP contribution >= 0.6 is 0 Å². The maximum atomic E-state index is 14.5. The molecule has 41 heavy (non-hydrogen) atoms. The zero-order valence-electron chi connectivity index (χ0n) is 24.4. The number of rotatable bonds is 6. The van der Waals surface area contributed by atoms with Crippen LogP contribution in [0.15, 0.2) is 30.9 Å². The predicted octanol–water partition coefficient (Wildman–Crippen LogP) is 3.00. The van der Waals surface area contributed by atoms with Gasteiger partial charge in [-0.15, -0.1) is 0 Å². The third-order valence-corrected chi connectivity index (χ3v) is 10.8. The van der Waals surface area contributed by atoms with Crippen molar-refractivity contribution >= 4 is 5.91 Å². The number of hydrogen-bond acceptors (Lipinski definition) is 7. The highest BCUT2D eigenvalue weighted by Crippen LogP contribution is 2.50. The van der Waals surface area contributed by atoms with Gasteiger partial charge in [-0.05, 0) is 93.6 Å². The SMILES string of the molecule is C=CC(=O)N1CCN(C2NC(OCC3CCCN3C)NC3C[C@]4(CCc5c(F)cccc5C4)CCC32)CC1CC#N. The molecule has 1 spiro atoms. The number of halogens is 1. The largest absolute Gasteiger partial charge is 0.348 e. The highest BCUT2D eigenvalue weighted by atomic mass is 19.1. The van der Waals surface area contributed by atoms with E-state index in [1.165, 1.54) is 18.1 Å². The number of nitriles is 1. The Kier molecular flexibility index (Phi) is 8.49. The maximum Gasteiger partial charge on any atom is 0.246 e. The molecule has 6 rings (SSSR count). The molecule has 2 N–H and O–H groups in total. The quantitative estimate of drug-likeness (QED) is 0.514. The average Bonchev–Trinajstić information content (AvgIpc) is 3.39. The van der Waals surface area contributed by atoms with Crippen molar-refractivity contribution in [2.75, 3.05) is 39.8 Å². The highest BCUT2D eigenvalue weighted by Gasteiger charge is 2.50. The van der Waals surface area contributed by atoms with Crippen LogP contribution in [0.4, 0.5) is 4.39 Å². The number of benzene rings is 1. The van der Waals surface area contributed by atoms with Crippen LogP contribution in [0.25, 0.3) is 0 Å². The lowest BCUT2D eigenvalue weighted by atomic mass is 9.59. The predicted molar refractivity (Wildman–Crippen MR) is 155 cm³/mol. The van der Waals surface area contributed by atoms with Gasteiger partial charge < -0.3 is 14.5 Å². The van der Waals surface area contributed by atoms with Gasteiger partial charge in [0.15, 0.2) is 6.35 Å². The summed E-state index contributed by atoms with van der Waals surface area (Å²) in [6, 6.07) is 8.43. The molecule has 8 nitrogen and oxygen atoms in total. The van der Waals surface area contributed by atoms with Crippen molar-refractivity contribution in [2.45, 2.75) is 88.4 Å². The molecule has 5 aliphatic rings. The molecule has 7 atom stereocenters. The van der Waals surface area contributed by atoms with Gasteiger partial charge in [-0.2, -0.15) is 5.26 Å². The standard InChI is InChI=1S/C32H45FN6O2/c1-3-29(40)39-17-16-38(20-23(39)11-14-34)30-26-10-13-32(12-9-25-22(18-32)6-4-8-27(25)33)19-28(26)35-31(36-30)41-21-24-7-5-15-37(24)2/h3-4,6,8,23-24,26,28,30-31,35-36H,1,5,7,9-13,15-21H2,2H3/t23?,24?,26?,28?,30?,31?,32-/m1/s1. The van der Waals surface area contributed by atoms with Crippen LogP contribution in [-0.4, -0.2) is 91.1 Å². The molecule has 3 aliphatic heterocycles. The lowest BCUT2D eigenvalue weighted by Crippen LogP contribution is -2.72. The van der Waals surface area contributed by atoms with Crippen LogP contribution in [0, 0.1) is 28.5 Å². The molecule has 6 unspecified atom stereocenters. The van der Waals surface area contributed by atoms with Gasteiger partial charge in [-0.25, -0.2) is 4.39 Å². The first-order valence-corrected chi connectivity index (χ1v) is 15.5. The Morgan fingerprint density at radius 2 is 2.12 bits per heavy atom. The van der Waals surface area contributed by atoms with Gasteiger partial charge >= 0.3 is 0 Å². The van der Waals surface area contributed by atoms with Gasteiger partial charge in [0.25, 0.3) is 0 Å². The Bertz CT molecular complexity index is 1170. The number of piperazine rings is 1.